The van der Waals surface area contributed by atoms with E-state index in [0.717, 1.165) is 17.2 Å². The third kappa shape index (κ3) is 3.12. The van der Waals surface area contributed by atoms with Crippen molar-refractivity contribution in [1.82, 2.24) is 19.7 Å². The third-order valence-corrected chi connectivity index (χ3v) is 5.60. The molecular weight excluding hydrogens is 358 g/mol. The molecule has 8 heteroatoms. The van der Waals surface area contributed by atoms with Crippen LogP contribution in [0.15, 0.2) is 18.2 Å². The molecule has 28 heavy (non-hydrogen) atoms. The number of aromatic nitrogens is 3. The fourth-order valence-electron chi connectivity index (χ4n) is 3.80. The van der Waals surface area contributed by atoms with Gasteiger partial charge in [-0.2, -0.15) is 5.10 Å². The zero-order valence-electron chi connectivity index (χ0n) is 15.9. The highest BCUT2D eigenvalue weighted by atomic mass is 16.5. The molecule has 2 aromatic rings. The minimum atomic E-state index is -0.190. The first-order chi connectivity index (χ1) is 13.6. The Morgan fingerprint density at radius 2 is 2.11 bits per heavy atom. The number of amides is 2. The Labute approximate surface area is 163 Å². The van der Waals surface area contributed by atoms with Crippen molar-refractivity contribution in [2.75, 3.05) is 31.1 Å². The fraction of sp³-hybridized carbons (Fsp3) is 0.500. The first-order valence-corrected chi connectivity index (χ1v) is 9.84. The largest absolute Gasteiger partial charge is 0.482 e. The summed E-state index contributed by atoms with van der Waals surface area (Å²) in [4.78, 5) is 33.4. The molecule has 5 rings (SSSR count). The van der Waals surface area contributed by atoms with Crippen LogP contribution in [0.25, 0.3) is 0 Å². The molecule has 1 aromatic carbocycles. The third-order valence-electron chi connectivity index (χ3n) is 5.60. The lowest BCUT2D eigenvalue weighted by Gasteiger charge is -2.31. The molecule has 2 amide bonds. The normalized spacial score (nSPS) is 19.0. The molecule has 146 valence electrons. The van der Waals surface area contributed by atoms with Crippen molar-refractivity contribution in [2.24, 2.45) is 0 Å². The zero-order chi connectivity index (χ0) is 19.3. The Morgan fingerprint density at radius 1 is 1.25 bits per heavy atom. The second-order valence-corrected chi connectivity index (χ2v) is 7.75. The van der Waals surface area contributed by atoms with Crippen molar-refractivity contribution in [3.8, 4) is 5.75 Å². The SMILES string of the molecule is Cc1ccc2c(c1)N(CC(=O)N1CCc3nc(C4CC4)nn3CC1)C(=O)CO2. The highest BCUT2D eigenvalue weighted by Gasteiger charge is 2.32. The van der Waals surface area contributed by atoms with Crippen LogP contribution in [-0.4, -0.2) is 57.7 Å². The van der Waals surface area contributed by atoms with E-state index in [0.29, 0.717) is 43.4 Å². The summed E-state index contributed by atoms with van der Waals surface area (Å²) in [6.45, 7) is 3.78. The molecule has 1 fully saturated rings. The summed E-state index contributed by atoms with van der Waals surface area (Å²) in [5, 5.41) is 4.62. The van der Waals surface area contributed by atoms with Crippen LogP contribution in [0, 0.1) is 6.92 Å². The number of fused-ring (bicyclic) bond motifs is 2. The van der Waals surface area contributed by atoms with Gasteiger partial charge >= 0.3 is 0 Å². The van der Waals surface area contributed by atoms with Crippen LogP contribution in [0.2, 0.25) is 0 Å². The smallest absolute Gasteiger partial charge is 0.265 e. The number of nitrogens with zero attached hydrogens (tertiary/aromatic N) is 5. The molecule has 2 aliphatic heterocycles. The van der Waals surface area contributed by atoms with Gasteiger partial charge in [0.05, 0.1) is 12.2 Å². The first kappa shape index (κ1) is 17.2. The van der Waals surface area contributed by atoms with E-state index in [9.17, 15) is 9.59 Å². The summed E-state index contributed by atoms with van der Waals surface area (Å²) in [5.74, 6) is 2.85. The number of hydrogen-bond donors (Lipinski definition) is 0. The highest BCUT2D eigenvalue weighted by Crippen LogP contribution is 2.38. The van der Waals surface area contributed by atoms with Crippen LogP contribution < -0.4 is 9.64 Å². The fourth-order valence-corrected chi connectivity index (χ4v) is 3.80. The van der Waals surface area contributed by atoms with Crippen LogP contribution in [0.1, 0.15) is 36.0 Å². The first-order valence-electron chi connectivity index (χ1n) is 9.84. The number of rotatable bonds is 3. The summed E-state index contributed by atoms with van der Waals surface area (Å²) >= 11 is 0. The zero-order valence-corrected chi connectivity index (χ0v) is 15.9. The number of carbonyl (C=O) groups excluding carboxylic acids is 2. The van der Waals surface area contributed by atoms with Gasteiger partial charge in [-0.05, 0) is 37.5 Å². The van der Waals surface area contributed by atoms with Crippen LogP contribution >= 0.6 is 0 Å². The molecule has 1 saturated carbocycles. The average Bonchev–Trinajstić information content (AvgIpc) is 3.48. The molecule has 0 atom stereocenters. The molecule has 3 heterocycles. The van der Waals surface area contributed by atoms with Gasteiger partial charge < -0.3 is 9.64 Å². The van der Waals surface area contributed by atoms with E-state index in [1.165, 1.54) is 12.8 Å². The van der Waals surface area contributed by atoms with E-state index in [2.05, 4.69) is 10.1 Å². The molecule has 0 bridgehead atoms. The van der Waals surface area contributed by atoms with Crippen molar-refractivity contribution in [3.05, 3.63) is 35.4 Å². The number of carbonyl (C=O) groups is 2. The van der Waals surface area contributed by atoms with Crippen LogP contribution in [0.5, 0.6) is 5.75 Å². The average molecular weight is 381 g/mol. The maximum Gasteiger partial charge on any atom is 0.265 e. The lowest BCUT2D eigenvalue weighted by molar-refractivity contribution is -0.132. The second kappa shape index (κ2) is 6.61. The predicted molar refractivity (Wildman–Crippen MR) is 101 cm³/mol. The van der Waals surface area contributed by atoms with Crippen LogP contribution in [0.4, 0.5) is 5.69 Å². The van der Waals surface area contributed by atoms with Gasteiger partial charge in [-0.15, -0.1) is 0 Å². The molecule has 0 saturated heterocycles. The molecular formula is C20H23N5O3. The van der Waals surface area contributed by atoms with Gasteiger partial charge in [-0.25, -0.2) is 9.67 Å². The molecule has 0 spiro atoms. The van der Waals surface area contributed by atoms with E-state index in [-0.39, 0.29) is 25.0 Å². The van der Waals surface area contributed by atoms with E-state index in [1.54, 1.807) is 4.90 Å². The summed E-state index contributed by atoms with van der Waals surface area (Å²) in [5.41, 5.74) is 1.69. The number of benzene rings is 1. The van der Waals surface area contributed by atoms with Gasteiger partial charge in [-0.1, -0.05) is 6.07 Å². The van der Waals surface area contributed by atoms with Crippen molar-refractivity contribution >= 4 is 17.5 Å². The maximum atomic E-state index is 13.0. The van der Waals surface area contributed by atoms with Gasteiger partial charge in [0.25, 0.3) is 5.91 Å². The van der Waals surface area contributed by atoms with E-state index < -0.39 is 0 Å². The van der Waals surface area contributed by atoms with Gasteiger partial charge in [0.15, 0.2) is 12.4 Å². The van der Waals surface area contributed by atoms with Crippen LogP contribution in [0.3, 0.4) is 0 Å². The maximum absolute atomic E-state index is 13.0. The number of aryl methyl sites for hydroxylation is 1. The Kier molecular flexibility index (Phi) is 4.07. The Morgan fingerprint density at radius 3 is 2.93 bits per heavy atom. The molecule has 3 aliphatic rings. The Bertz CT molecular complexity index is 924. The van der Waals surface area contributed by atoms with Crippen LogP contribution in [-0.2, 0) is 22.6 Å². The molecule has 1 aliphatic carbocycles. The number of hydrogen-bond acceptors (Lipinski definition) is 5. The van der Waals surface area contributed by atoms with Gasteiger partial charge in [-0.3, -0.25) is 14.5 Å². The quantitative estimate of drug-likeness (QED) is 0.800. The summed E-state index contributed by atoms with van der Waals surface area (Å²) in [6.07, 6.45) is 3.06. The lowest BCUT2D eigenvalue weighted by atomic mass is 10.1. The summed E-state index contributed by atoms with van der Waals surface area (Å²) in [7, 11) is 0. The predicted octanol–water partition coefficient (Wildman–Crippen LogP) is 1.27. The number of ether oxygens (including phenoxy) is 1. The summed E-state index contributed by atoms with van der Waals surface area (Å²) < 4.78 is 7.44. The minimum absolute atomic E-state index is 0.0295. The van der Waals surface area contributed by atoms with E-state index in [1.807, 2.05) is 34.7 Å². The van der Waals surface area contributed by atoms with Gasteiger partial charge in [0, 0.05) is 25.4 Å². The molecule has 0 radical (unpaired) electrons. The van der Waals surface area contributed by atoms with Gasteiger partial charge in [0.2, 0.25) is 5.91 Å². The second-order valence-electron chi connectivity index (χ2n) is 7.75. The topological polar surface area (TPSA) is 80.6 Å². The molecule has 1 aromatic heterocycles. The molecule has 0 N–H and O–H groups in total. The minimum Gasteiger partial charge on any atom is -0.482 e. The lowest BCUT2D eigenvalue weighted by Crippen LogP contribution is -2.47. The van der Waals surface area contributed by atoms with Crippen molar-refractivity contribution in [2.45, 2.75) is 38.6 Å². The Hall–Kier alpha value is -2.90. The highest BCUT2D eigenvalue weighted by molar-refractivity contribution is 6.02. The summed E-state index contributed by atoms with van der Waals surface area (Å²) in [6, 6.07) is 5.68. The van der Waals surface area contributed by atoms with Gasteiger partial charge in [0.1, 0.15) is 18.1 Å². The van der Waals surface area contributed by atoms with E-state index >= 15 is 0 Å². The monoisotopic (exact) mass is 381 g/mol. The molecule has 8 nitrogen and oxygen atoms in total. The van der Waals surface area contributed by atoms with Crippen molar-refractivity contribution in [3.63, 3.8) is 0 Å². The van der Waals surface area contributed by atoms with E-state index in [4.69, 9.17) is 4.74 Å². The number of anilines is 1. The Balaban J connectivity index is 1.29. The molecule has 0 unspecified atom stereocenters. The van der Waals surface area contributed by atoms with Crippen molar-refractivity contribution in [1.29, 1.82) is 0 Å². The standard InChI is InChI=1S/C20H23N5O3/c1-13-2-5-16-15(10-13)24(19(27)12-28-16)11-18(26)23-7-6-17-21-20(14-3-4-14)22-25(17)9-8-23/h2,5,10,14H,3-4,6-9,11-12H2,1H3. The van der Waals surface area contributed by atoms with Crippen molar-refractivity contribution < 1.29 is 14.3 Å².